The summed E-state index contributed by atoms with van der Waals surface area (Å²) in [5.74, 6) is 1.80. The van der Waals surface area contributed by atoms with Crippen molar-refractivity contribution in [1.29, 1.82) is 0 Å². The van der Waals surface area contributed by atoms with Crippen LogP contribution in [0.2, 0.25) is 0 Å². The van der Waals surface area contributed by atoms with Crippen LogP contribution in [0.15, 0.2) is 35.4 Å². The lowest BCUT2D eigenvalue weighted by Crippen LogP contribution is -2.43. The summed E-state index contributed by atoms with van der Waals surface area (Å²) >= 11 is 0. The Morgan fingerprint density at radius 2 is 1.97 bits per heavy atom. The molecule has 2 N–H and O–H groups in total. The predicted molar refractivity (Wildman–Crippen MR) is 121 cm³/mol. The number of pyridine rings is 1. The van der Waals surface area contributed by atoms with Crippen molar-refractivity contribution in [1.82, 2.24) is 20.5 Å². The van der Waals surface area contributed by atoms with Crippen molar-refractivity contribution in [2.24, 2.45) is 0 Å². The lowest BCUT2D eigenvalue weighted by molar-refractivity contribution is 0.585. The van der Waals surface area contributed by atoms with Gasteiger partial charge in [0.25, 0.3) is 0 Å². The highest BCUT2D eigenvalue weighted by atomic mass is 32.2. The molecule has 162 valence electrons. The first-order chi connectivity index (χ1) is 14.9. The van der Waals surface area contributed by atoms with Crippen LogP contribution in [0.5, 0.6) is 0 Å². The van der Waals surface area contributed by atoms with Gasteiger partial charge in [0.1, 0.15) is 5.82 Å². The summed E-state index contributed by atoms with van der Waals surface area (Å²) < 4.78 is 24.7. The molecular weight excluding hydrogens is 412 g/mol. The average Bonchev–Trinajstić information content (AvgIpc) is 3.11. The number of nitrogens with zero attached hydrogens (tertiary/aromatic N) is 4. The van der Waals surface area contributed by atoms with Gasteiger partial charge in [0.2, 0.25) is 0 Å². The van der Waals surface area contributed by atoms with Crippen molar-refractivity contribution >= 4 is 32.2 Å². The van der Waals surface area contributed by atoms with Gasteiger partial charge in [-0.25, -0.2) is 13.4 Å². The summed E-state index contributed by atoms with van der Waals surface area (Å²) in [6, 6.07) is 7.49. The van der Waals surface area contributed by atoms with Crippen molar-refractivity contribution in [2.75, 3.05) is 42.1 Å². The molecule has 0 amide bonds. The fraction of sp³-hybridized carbons (Fsp3) is 0.409. The SMILES string of the molecule is Cc1nnc(N[C@H](C)c2cccc3c2CCS3(=O)=O)c2cc(N3CCNCC3)ncc12. The number of sulfone groups is 1. The molecule has 0 aliphatic carbocycles. The van der Waals surface area contributed by atoms with Crippen LogP contribution in [0.3, 0.4) is 0 Å². The Kier molecular flexibility index (Phi) is 5.02. The Bertz CT molecular complexity index is 1250. The van der Waals surface area contributed by atoms with Gasteiger partial charge in [-0.3, -0.25) is 0 Å². The minimum absolute atomic E-state index is 0.112. The second-order valence-electron chi connectivity index (χ2n) is 8.22. The molecule has 0 spiro atoms. The minimum atomic E-state index is -3.17. The quantitative estimate of drug-likeness (QED) is 0.640. The summed E-state index contributed by atoms with van der Waals surface area (Å²) in [6.07, 6.45) is 2.43. The second kappa shape index (κ2) is 7.72. The van der Waals surface area contributed by atoms with Gasteiger partial charge in [-0.05, 0) is 43.5 Å². The van der Waals surface area contributed by atoms with Crippen LogP contribution in [-0.2, 0) is 16.3 Å². The molecule has 1 saturated heterocycles. The molecule has 1 atom stereocenters. The highest BCUT2D eigenvalue weighted by molar-refractivity contribution is 7.91. The number of hydrogen-bond donors (Lipinski definition) is 2. The maximum Gasteiger partial charge on any atom is 0.178 e. The number of hydrogen-bond acceptors (Lipinski definition) is 8. The highest BCUT2D eigenvalue weighted by Gasteiger charge is 2.29. The van der Waals surface area contributed by atoms with E-state index in [-0.39, 0.29) is 11.8 Å². The number of nitrogens with one attached hydrogen (secondary N) is 2. The molecule has 0 unspecified atom stereocenters. The first kappa shape index (κ1) is 20.1. The first-order valence-corrected chi connectivity index (χ1v) is 12.3. The molecule has 0 radical (unpaired) electrons. The van der Waals surface area contributed by atoms with Gasteiger partial charge in [-0.1, -0.05) is 12.1 Å². The molecule has 9 heteroatoms. The molecule has 0 saturated carbocycles. The van der Waals surface area contributed by atoms with Gasteiger partial charge in [0, 0.05) is 43.1 Å². The maximum absolute atomic E-state index is 12.3. The van der Waals surface area contributed by atoms with Crippen LogP contribution in [0, 0.1) is 6.92 Å². The summed E-state index contributed by atoms with van der Waals surface area (Å²) in [7, 11) is -3.17. The second-order valence-corrected chi connectivity index (χ2v) is 10.3. The van der Waals surface area contributed by atoms with Crippen LogP contribution < -0.4 is 15.5 Å². The fourth-order valence-electron chi connectivity index (χ4n) is 4.51. The fourth-order valence-corrected chi connectivity index (χ4v) is 6.09. The first-order valence-electron chi connectivity index (χ1n) is 10.6. The number of rotatable bonds is 4. The molecule has 5 rings (SSSR count). The Balaban J connectivity index is 1.52. The molecule has 0 bridgehead atoms. The van der Waals surface area contributed by atoms with E-state index in [9.17, 15) is 8.42 Å². The van der Waals surface area contributed by atoms with E-state index in [0.717, 1.165) is 59.6 Å². The number of aryl methyl sites for hydroxylation is 1. The molecule has 2 aliphatic heterocycles. The third-order valence-corrected chi connectivity index (χ3v) is 8.01. The predicted octanol–water partition coefficient (Wildman–Crippen LogP) is 2.25. The zero-order valence-corrected chi connectivity index (χ0v) is 18.5. The van der Waals surface area contributed by atoms with E-state index in [2.05, 4.69) is 36.8 Å². The van der Waals surface area contributed by atoms with Crippen LogP contribution in [0.25, 0.3) is 10.8 Å². The number of anilines is 2. The molecule has 8 nitrogen and oxygen atoms in total. The van der Waals surface area contributed by atoms with Gasteiger partial charge in [0.05, 0.1) is 22.4 Å². The van der Waals surface area contributed by atoms with Crippen molar-refractivity contribution in [3.8, 4) is 0 Å². The lowest BCUT2D eigenvalue weighted by atomic mass is 9.99. The van der Waals surface area contributed by atoms with E-state index in [0.29, 0.717) is 17.1 Å². The molecule has 4 heterocycles. The van der Waals surface area contributed by atoms with Gasteiger partial charge in [-0.2, -0.15) is 5.10 Å². The Hall–Kier alpha value is -2.78. The smallest absolute Gasteiger partial charge is 0.178 e. The summed E-state index contributed by atoms with van der Waals surface area (Å²) in [5.41, 5.74) is 2.74. The van der Waals surface area contributed by atoms with Gasteiger partial charge < -0.3 is 15.5 Å². The number of piperazine rings is 1. The minimum Gasteiger partial charge on any atom is -0.362 e. The summed E-state index contributed by atoms with van der Waals surface area (Å²) in [4.78, 5) is 7.40. The summed E-state index contributed by atoms with van der Waals surface area (Å²) in [6.45, 7) is 7.69. The average molecular weight is 439 g/mol. The molecule has 31 heavy (non-hydrogen) atoms. The van der Waals surface area contributed by atoms with Crippen molar-refractivity contribution in [3.63, 3.8) is 0 Å². The van der Waals surface area contributed by atoms with Gasteiger partial charge >= 0.3 is 0 Å². The molecule has 1 fully saturated rings. The molecular formula is C22H26N6O2S. The molecule has 3 aromatic rings. The van der Waals surface area contributed by atoms with E-state index in [1.54, 1.807) is 6.07 Å². The Morgan fingerprint density at radius 3 is 2.77 bits per heavy atom. The number of benzene rings is 1. The third-order valence-electron chi connectivity index (χ3n) is 6.22. The zero-order chi connectivity index (χ0) is 21.6. The van der Waals surface area contributed by atoms with Crippen molar-refractivity contribution in [3.05, 3.63) is 47.3 Å². The van der Waals surface area contributed by atoms with Crippen LogP contribution in [0.4, 0.5) is 11.6 Å². The van der Waals surface area contributed by atoms with Gasteiger partial charge in [-0.15, -0.1) is 5.10 Å². The Labute approximate surface area is 182 Å². The molecule has 2 aromatic heterocycles. The number of fused-ring (bicyclic) bond motifs is 2. The van der Waals surface area contributed by atoms with Crippen LogP contribution in [0.1, 0.15) is 29.8 Å². The zero-order valence-electron chi connectivity index (χ0n) is 17.7. The van der Waals surface area contributed by atoms with Crippen LogP contribution in [-0.4, -0.2) is 55.5 Å². The lowest BCUT2D eigenvalue weighted by Gasteiger charge is -2.28. The topological polar surface area (TPSA) is 100 Å². The largest absolute Gasteiger partial charge is 0.362 e. The van der Waals surface area contributed by atoms with Crippen LogP contribution >= 0.6 is 0 Å². The standard InChI is InChI=1S/C22H26N6O2S/c1-14(16-4-3-5-20-17(16)6-11-31(20,29)30)25-22-18-12-21(28-9-7-23-8-10-28)24-13-19(18)15(2)26-27-22/h3-5,12-14,23H,6-11H2,1-2H3,(H,25,27)/t14-/m1/s1. The van der Waals surface area contributed by atoms with Crippen molar-refractivity contribution in [2.45, 2.75) is 31.2 Å². The van der Waals surface area contributed by atoms with E-state index < -0.39 is 9.84 Å². The van der Waals surface area contributed by atoms with E-state index >= 15 is 0 Å². The van der Waals surface area contributed by atoms with E-state index in [1.165, 1.54) is 0 Å². The van der Waals surface area contributed by atoms with E-state index in [1.807, 2.05) is 32.2 Å². The highest BCUT2D eigenvalue weighted by Crippen LogP contribution is 2.34. The monoisotopic (exact) mass is 438 g/mol. The normalized spacial score (nSPS) is 18.7. The van der Waals surface area contributed by atoms with Gasteiger partial charge in [0.15, 0.2) is 15.7 Å². The molecule has 2 aliphatic rings. The van der Waals surface area contributed by atoms with Crippen molar-refractivity contribution < 1.29 is 8.42 Å². The Morgan fingerprint density at radius 1 is 1.16 bits per heavy atom. The summed E-state index contributed by atoms with van der Waals surface area (Å²) in [5, 5.41) is 17.6. The molecule has 1 aromatic carbocycles. The van der Waals surface area contributed by atoms with E-state index in [4.69, 9.17) is 0 Å². The third kappa shape index (κ3) is 3.61. The maximum atomic E-state index is 12.3. The number of aromatic nitrogens is 3.